The molecule has 1 saturated heterocycles. The van der Waals surface area contributed by atoms with Crippen molar-refractivity contribution in [1.82, 2.24) is 24.8 Å². The van der Waals surface area contributed by atoms with E-state index in [0.29, 0.717) is 23.0 Å². The van der Waals surface area contributed by atoms with E-state index in [0.717, 1.165) is 74.1 Å². The fraction of sp³-hybridized carbons (Fsp3) is 0.440. The van der Waals surface area contributed by atoms with Crippen LogP contribution in [0.4, 0.5) is 17.5 Å². The molecule has 0 unspecified atom stereocenters. The van der Waals surface area contributed by atoms with E-state index in [4.69, 9.17) is 4.98 Å². The summed E-state index contributed by atoms with van der Waals surface area (Å²) in [6.07, 6.45) is 7.95. The minimum Gasteiger partial charge on any atom is -0.368 e. The third-order valence-electron chi connectivity index (χ3n) is 6.80. The number of aromatic nitrogens is 4. The molecule has 1 saturated carbocycles. The summed E-state index contributed by atoms with van der Waals surface area (Å²) in [5.74, 6) is 1.12. The van der Waals surface area contributed by atoms with Gasteiger partial charge in [0.15, 0.2) is 0 Å². The maximum atomic E-state index is 13.5. The van der Waals surface area contributed by atoms with E-state index in [9.17, 15) is 4.79 Å². The molecule has 5 rings (SSSR count). The van der Waals surface area contributed by atoms with Gasteiger partial charge < -0.3 is 15.5 Å². The first-order valence-corrected chi connectivity index (χ1v) is 11.8. The Morgan fingerprint density at radius 2 is 1.91 bits per heavy atom. The molecule has 0 radical (unpaired) electrons. The number of rotatable bonds is 5. The summed E-state index contributed by atoms with van der Waals surface area (Å²) in [7, 11) is 0. The number of piperazine rings is 1. The number of hydrogen-bond donors (Lipinski definition) is 2. The number of aryl methyl sites for hydroxylation is 1. The van der Waals surface area contributed by atoms with Crippen molar-refractivity contribution in [2.24, 2.45) is 0 Å². The van der Waals surface area contributed by atoms with E-state index in [1.54, 1.807) is 0 Å². The van der Waals surface area contributed by atoms with Gasteiger partial charge in [-0.15, -0.1) is 0 Å². The van der Waals surface area contributed by atoms with Crippen LogP contribution in [0.3, 0.4) is 0 Å². The van der Waals surface area contributed by atoms with Gasteiger partial charge in [0.25, 0.3) is 5.56 Å². The smallest absolute Gasteiger partial charge is 0.260 e. The van der Waals surface area contributed by atoms with Crippen LogP contribution in [-0.2, 0) is 0 Å². The van der Waals surface area contributed by atoms with Crippen molar-refractivity contribution in [1.29, 1.82) is 0 Å². The maximum Gasteiger partial charge on any atom is 0.260 e. The molecule has 4 heterocycles. The molecular formula is C25H31N7O. The predicted molar refractivity (Wildman–Crippen MR) is 133 cm³/mol. The molecule has 8 heteroatoms. The fourth-order valence-electron chi connectivity index (χ4n) is 5.08. The number of pyridine rings is 2. The zero-order chi connectivity index (χ0) is 22.9. The minimum atomic E-state index is 0.00236. The molecule has 0 aromatic carbocycles. The lowest BCUT2D eigenvalue weighted by Gasteiger charge is -2.29. The van der Waals surface area contributed by atoms with Crippen LogP contribution in [0, 0.1) is 6.92 Å². The van der Waals surface area contributed by atoms with Crippen molar-refractivity contribution in [2.75, 3.05) is 36.4 Å². The van der Waals surface area contributed by atoms with Gasteiger partial charge in [-0.25, -0.2) is 9.97 Å². The molecule has 2 aliphatic rings. The lowest BCUT2D eigenvalue weighted by Crippen LogP contribution is -2.43. The summed E-state index contributed by atoms with van der Waals surface area (Å²) < 4.78 is 1.88. The molecule has 3 aromatic heterocycles. The van der Waals surface area contributed by atoms with Crippen molar-refractivity contribution in [3.05, 3.63) is 52.6 Å². The number of anilines is 3. The highest BCUT2D eigenvalue weighted by Gasteiger charge is 2.24. The Morgan fingerprint density at radius 3 is 2.58 bits per heavy atom. The first-order chi connectivity index (χ1) is 16.0. The highest BCUT2D eigenvalue weighted by Crippen LogP contribution is 2.32. The molecule has 0 amide bonds. The first kappa shape index (κ1) is 21.6. The summed E-state index contributed by atoms with van der Waals surface area (Å²) in [4.78, 5) is 29.7. The van der Waals surface area contributed by atoms with Crippen LogP contribution in [0.15, 0.2) is 35.9 Å². The molecule has 0 bridgehead atoms. The average molecular weight is 446 g/mol. The molecule has 33 heavy (non-hydrogen) atoms. The summed E-state index contributed by atoms with van der Waals surface area (Å²) in [6, 6.07) is 4.18. The molecule has 1 aliphatic carbocycles. The zero-order valence-corrected chi connectivity index (χ0v) is 19.4. The Labute approximate surface area is 193 Å². The van der Waals surface area contributed by atoms with Gasteiger partial charge >= 0.3 is 0 Å². The molecule has 8 nitrogen and oxygen atoms in total. The molecule has 0 spiro atoms. The van der Waals surface area contributed by atoms with Crippen LogP contribution in [0.1, 0.15) is 49.8 Å². The van der Waals surface area contributed by atoms with E-state index in [2.05, 4.69) is 38.1 Å². The predicted octanol–water partition coefficient (Wildman–Crippen LogP) is 3.80. The third kappa shape index (κ3) is 4.11. The van der Waals surface area contributed by atoms with Gasteiger partial charge in [0.1, 0.15) is 11.5 Å². The van der Waals surface area contributed by atoms with Crippen LogP contribution in [0.2, 0.25) is 0 Å². The molecule has 0 atom stereocenters. The zero-order valence-electron chi connectivity index (χ0n) is 19.4. The van der Waals surface area contributed by atoms with Gasteiger partial charge in [0, 0.05) is 49.4 Å². The average Bonchev–Trinajstić information content (AvgIpc) is 3.34. The quantitative estimate of drug-likeness (QED) is 0.618. The van der Waals surface area contributed by atoms with Crippen molar-refractivity contribution in [3.63, 3.8) is 0 Å². The third-order valence-corrected chi connectivity index (χ3v) is 6.80. The normalized spacial score (nSPS) is 17.0. The highest BCUT2D eigenvalue weighted by molar-refractivity contribution is 5.84. The van der Waals surface area contributed by atoms with Gasteiger partial charge in [-0.3, -0.25) is 9.36 Å². The van der Waals surface area contributed by atoms with Crippen LogP contribution < -0.4 is 21.1 Å². The van der Waals surface area contributed by atoms with Crippen molar-refractivity contribution < 1.29 is 0 Å². The number of allylic oxidation sites excluding steroid dienone is 1. The summed E-state index contributed by atoms with van der Waals surface area (Å²) >= 11 is 0. The van der Waals surface area contributed by atoms with Crippen molar-refractivity contribution >= 4 is 34.1 Å². The summed E-state index contributed by atoms with van der Waals surface area (Å²) in [5.41, 5.74) is 4.15. The fourth-order valence-corrected chi connectivity index (χ4v) is 5.08. The van der Waals surface area contributed by atoms with Gasteiger partial charge in [-0.1, -0.05) is 19.4 Å². The van der Waals surface area contributed by atoms with Gasteiger partial charge in [0.2, 0.25) is 5.95 Å². The topological polar surface area (TPSA) is 88.0 Å². The van der Waals surface area contributed by atoms with E-state index in [1.807, 2.05) is 36.9 Å². The van der Waals surface area contributed by atoms with E-state index in [1.165, 1.54) is 0 Å². The van der Waals surface area contributed by atoms with Crippen LogP contribution >= 0.6 is 0 Å². The standard InChI is InChI=1S/C25H31N7O/c1-16(2)22-17(3)20-15-28-25(30-23(20)32(24(22)33)18-6-4-5-7-18)29-21-9-8-19(14-27-21)31-12-10-26-11-13-31/h8-9,14-15,18,26H,1,4-7,10-13H2,2-3H3,(H,27,28,29,30). The lowest BCUT2D eigenvalue weighted by atomic mass is 10.0. The van der Waals surface area contributed by atoms with E-state index in [-0.39, 0.29) is 11.6 Å². The Balaban J connectivity index is 1.51. The second kappa shape index (κ2) is 8.94. The molecule has 172 valence electrons. The van der Waals surface area contributed by atoms with Gasteiger partial charge in [-0.2, -0.15) is 4.98 Å². The molecule has 3 aromatic rings. The number of hydrogen-bond acceptors (Lipinski definition) is 7. The Kier molecular flexibility index (Phi) is 5.85. The molecular weight excluding hydrogens is 414 g/mol. The lowest BCUT2D eigenvalue weighted by molar-refractivity contribution is 0.515. The van der Waals surface area contributed by atoms with Gasteiger partial charge in [0.05, 0.1) is 11.9 Å². The van der Waals surface area contributed by atoms with Crippen molar-refractivity contribution in [2.45, 2.75) is 45.6 Å². The monoisotopic (exact) mass is 445 g/mol. The molecule has 1 aliphatic heterocycles. The maximum absolute atomic E-state index is 13.5. The van der Waals surface area contributed by atoms with E-state index < -0.39 is 0 Å². The molecule has 2 N–H and O–H groups in total. The first-order valence-electron chi connectivity index (χ1n) is 11.8. The SMILES string of the molecule is C=C(C)c1c(C)c2cnc(Nc3ccc(N4CCNCC4)cn3)nc2n(C2CCCC2)c1=O. The Morgan fingerprint density at radius 1 is 1.15 bits per heavy atom. The van der Waals surface area contributed by atoms with E-state index >= 15 is 0 Å². The second-order valence-electron chi connectivity index (χ2n) is 9.09. The largest absolute Gasteiger partial charge is 0.368 e. The van der Waals surface area contributed by atoms with Gasteiger partial charge in [-0.05, 0) is 50.0 Å². The Bertz CT molecular complexity index is 1240. The number of nitrogens with zero attached hydrogens (tertiary/aromatic N) is 5. The van der Waals surface area contributed by atoms with Crippen molar-refractivity contribution in [3.8, 4) is 0 Å². The summed E-state index contributed by atoms with van der Waals surface area (Å²) in [6.45, 7) is 11.8. The van der Waals surface area contributed by atoms with Crippen LogP contribution in [0.25, 0.3) is 16.6 Å². The minimum absolute atomic E-state index is 0.00236. The highest BCUT2D eigenvalue weighted by atomic mass is 16.1. The van der Waals surface area contributed by atoms with Crippen LogP contribution in [0.5, 0.6) is 0 Å². The second-order valence-corrected chi connectivity index (χ2v) is 9.09. The Hall–Kier alpha value is -3.26. The summed E-state index contributed by atoms with van der Waals surface area (Å²) in [5, 5.41) is 7.48. The number of nitrogens with one attached hydrogen (secondary N) is 2. The number of fused-ring (bicyclic) bond motifs is 1. The van der Waals surface area contributed by atoms with Crippen LogP contribution in [-0.4, -0.2) is 45.7 Å². The molecule has 2 fully saturated rings.